The summed E-state index contributed by atoms with van der Waals surface area (Å²) in [7, 11) is 0. The molecular weight excluding hydrogens is 244 g/mol. The minimum absolute atomic E-state index is 0.0759. The monoisotopic (exact) mass is 264 g/mol. The van der Waals surface area contributed by atoms with E-state index in [0.717, 1.165) is 50.0 Å². The lowest BCUT2D eigenvalue weighted by molar-refractivity contribution is 0.111. The lowest BCUT2D eigenvalue weighted by atomic mass is 9.93. The first-order chi connectivity index (χ1) is 9.33. The highest BCUT2D eigenvalue weighted by atomic mass is 16.5. The van der Waals surface area contributed by atoms with Crippen molar-refractivity contribution < 1.29 is 13.9 Å². The van der Waals surface area contributed by atoms with Gasteiger partial charge in [0.15, 0.2) is 0 Å². The van der Waals surface area contributed by atoms with Gasteiger partial charge in [-0.2, -0.15) is 0 Å². The molecule has 2 unspecified atom stereocenters. The highest BCUT2D eigenvalue weighted by molar-refractivity contribution is 5.74. The molecule has 1 aromatic heterocycles. The van der Waals surface area contributed by atoms with Crippen molar-refractivity contribution in [3.05, 3.63) is 23.7 Å². The molecule has 1 fully saturated rings. The second kappa shape index (κ2) is 5.65. The Balaban J connectivity index is 1.50. The van der Waals surface area contributed by atoms with Gasteiger partial charge in [0.1, 0.15) is 5.76 Å². The van der Waals surface area contributed by atoms with Gasteiger partial charge in [0.25, 0.3) is 0 Å². The third kappa shape index (κ3) is 2.92. The first-order valence-electron chi connectivity index (χ1n) is 7.05. The van der Waals surface area contributed by atoms with E-state index < -0.39 is 0 Å². The smallest absolute Gasteiger partial charge is 0.315 e. The Hall–Kier alpha value is -1.49. The number of aryl methyl sites for hydroxylation is 1. The second-order valence-electron chi connectivity index (χ2n) is 5.23. The fourth-order valence-electron chi connectivity index (χ4n) is 2.86. The third-order valence-corrected chi connectivity index (χ3v) is 3.87. The van der Waals surface area contributed by atoms with Crippen molar-refractivity contribution in [2.75, 3.05) is 13.2 Å². The lowest BCUT2D eigenvalue weighted by Crippen LogP contribution is -2.41. The van der Waals surface area contributed by atoms with Crippen LogP contribution in [0.5, 0.6) is 0 Å². The summed E-state index contributed by atoms with van der Waals surface area (Å²) >= 11 is 0. The van der Waals surface area contributed by atoms with Gasteiger partial charge in [-0.1, -0.05) is 0 Å². The van der Waals surface area contributed by atoms with Gasteiger partial charge < -0.3 is 19.8 Å². The SMILES string of the molecule is O=C(NCC1CCCO1)NC1CCCc2occc21. The Morgan fingerprint density at radius 3 is 3.16 bits per heavy atom. The molecule has 1 saturated heterocycles. The molecule has 3 rings (SSSR count). The summed E-state index contributed by atoms with van der Waals surface area (Å²) < 4.78 is 10.9. The number of carbonyl (C=O) groups is 1. The maximum Gasteiger partial charge on any atom is 0.315 e. The average Bonchev–Trinajstić information content (AvgIpc) is 3.08. The van der Waals surface area contributed by atoms with Crippen LogP contribution in [0.3, 0.4) is 0 Å². The van der Waals surface area contributed by atoms with Crippen LogP contribution >= 0.6 is 0 Å². The van der Waals surface area contributed by atoms with Crippen molar-refractivity contribution in [2.24, 2.45) is 0 Å². The molecule has 1 aromatic rings. The predicted octanol–water partition coefficient (Wildman–Crippen LogP) is 2.14. The lowest BCUT2D eigenvalue weighted by Gasteiger charge is -2.23. The predicted molar refractivity (Wildman–Crippen MR) is 69.9 cm³/mol. The molecule has 19 heavy (non-hydrogen) atoms. The Morgan fingerprint density at radius 2 is 2.32 bits per heavy atom. The molecule has 2 N–H and O–H groups in total. The number of amides is 2. The minimum atomic E-state index is -0.116. The molecule has 2 aliphatic rings. The summed E-state index contributed by atoms with van der Waals surface area (Å²) in [6, 6.07) is 1.92. The molecule has 5 heteroatoms. The van der Waals surface area contributed by atoms with E-state index in [1.165, 1.54) is 0 Å². The van der Waals surface area contributed by atoms with Gasteiger partial charge in [0.2, 0.25) is 0 Å². The van der Waals surface area contributed by atoms with Gasteiger partial charge in [-0.3, -0.25) is 0 Å². The fourth-order valence-corrected chi connectivity index (χ4v) is 2.86. The Kier molecular flexibility index (Phi) is 3.73. The van der Waals surface area contributed by atoms with Crippen LogP contribution < -0.4 is 10.6 Å². The molecule has 0 bridgehead atoms. The highest BCUT2D eigenvalue weighted by Gasteiger charge is 2.24. The summed E-state index contributed by atoms with van der Waals surface area (Å²) in [6.45, 7) is 1.41. The second-order valence-corrected chi connectivity index (χ2v) is 5.23. The quantitative estimate of drug-likeness (QED) is 0.879. The van der Waals surface area contributed by atoms with Gasteiger partial charge in [-0.25, -0.2) is 4.79 Å². The topological polar surface area (TPSA) is 63.5 Å². The number of ether oxygens (including phenoxy) is 1. The van der Waals surface area contributed by atoms with Crippen LogP contribution in [0.1, 0.15) is 43.0 Å². The van der Waals surface area contributed by atoms with E-state index in [1.54, 1.807) is 6.26 Å². The van der Waals surface area contributed by atoms with Gasteiger partial charge in [0, 0.05) is 25.1 Å². The average molecular weight is 264 g/mol. The zero-order valence-electron chi connectivity index (χ0n) is 11.0. The number of rotatable bonds is 3. The van der Waals surface area contributed by atoms with Crippen LogP contribution in [0, 0.1) is 0 Å². The molecule has 104 valence electrons. The Morgan fingerprint density at radius 1 is 1.37 bits per heavy atom. The molecule has 0 aromatic carbocycles. The van der Waals surface area contributed by atoms with Crippen molar-refractivity contribution in [3.8, 4) is 0 Å². The van der Waals surface area contributed by atoms with Crippen molar-refractivity contribution >= 4 is 6.03 Å². The highest BCUT2D eigenvalue weighted by Crippen LogP contribution is 2.30. The van der Waals surface area contributed by atoms with Crippen LogP contribution in [-0.4, -0.2) is 25.3 Å². The van der Waals surface area contributed by atoms with Crippen LogP contribution in [0.15, 0.2) is 16.7 Å². The van der Waals surface area contributed by atoms with E-state index in [9.17, 15) is 4.79 Å². The number of fused-ring (bicyclic) bond motifs is 1. The molecule has 0 saturated carbocycles. The molecule has 1 aliphatic carbocycles. The zero-order valence-corrected chi connectivity index (χ0v) is 11.0. The molecule has 5 nitrogen and oxygen atoms in total. The van der Waals surface area contributed by atoms with E-state index in [1.807, 2.05) is 6.07 Å². The summed E-state index contributed by atoms with van der Waals surface area (Å²) in [6.07, 6.45) is 7.01. The van der Waals surface area contributed by atoms with Crippen molar-refractivity contribution in [3.63, 3.8) is 0 Å². The summed E-state index contributed by atoms with van der Waals surface area (Å²) in [5, 5.41) is 5.91. The van der Waals surface area contributed by atoms with Crippen molar-refractivity contribution in [1.29, 1.82) is 0 Å². The largest absolute Gasteiger partial charge is 0.469 e. The zero-order chi connectivity index (χ0) is 13.1. The number of carbonyl (C=O) groups excluding carboxylic acids is 1. The van der Waals surface area contributed by atoms with Crippen molar-refractivity contribution in [2.45, 2.75) is 44.2 Å². The first-order valence-corrected chi connectivity index (χ1v) is 7.05. The molecule has 0 spiro atoms. The normalized spacial score (nSPS) is 25.9. The Labute approximate surface area is 112 Å². The standard InChI is InChI=1S/C14H20N2O3/c17-14(15-9-10-3-2-7-18-10)16-12-4-1-5-13-11(12)6-8-19-13/h6,8,10,12H,1-5,7,9H2,(H2,15,16,17). The maximum atomic E-state index is 11.9. The van der Waals surface area contributed by atoms with E-state index in [0.29, 0.717) is 6.54 Å². The van der Waals surface area contributed by atoms with Crippen LogP contribution in [-0.2, 0) is 11.2 Å². The molecule has 1 aliphatic heterocycles. The number of hydrogen-bond donors (Lipinski definition) is 2. The molecular formula is C14H20N2O3. The van der Waals surface area contributed by atoms with E-state index in [4.69, 9.17) is 9.15 Å². The first kappa shape index (κ1) is 12.5. The van der Waals surface area contributed by atoms with E-state index in [2.05, 4.69) is 10.6 Å². The molecule has 2 amide bonds. The summed E-state index contributed by atoms with van der Waals surface area (Å²) in [5.74, 6) is 1.01. The molecule has 0 radical (unpaired) electrons. The number of urea groups is 1. The number of hydrogen-bond acceptors (Lipinski definition) is 3. The summed E-state index contributed by atoms with van der Waals surface area (Å²) in [5.41, 5.74) is 1.12. The summed E-state index contributed by atoms with van der Waals surface area (Å²) in [4.78, 5) is 11.9. The van der Waals surface area contributed by atoms with Gasteiger partial charge in [-0.15, -0.1) is 0 Å². The number of furan rings is 1. The third-order valence-electron chi connectivity index (χ3n) is 3.87. The fraction of sp³-hybridized carbons (Fsp3) is 0.643. The van der Waals surface area contributed by atoms with E-state index >= 15 is 0 Å². The molecule has 2 heterocycles. The van der Waals surface area contributed by atoms with Crippen LogP contribution in [0.2, 0.25) is 0 Å². The maximum absolute atomic E-state index is 11.9. The van der Waals surface area contributed by atoms with Crippen LogP contribution in [0.25, 0.3) is 0 Å². The van der Waals surface area contributed by atoms with E-state index in [-0.39, 0.29) is 18.2 Å². The van der Waals surface area contributed by atoms with Gasteiger partial charge >= 0.3 is 6.03 Å². The van der Waals surface area contributed by atoms with Crippen LogP contribution in [0.4, 0.5) is 4.79 Å². The minimum Gasteiger partial charge on any atom is -0.469 e. The van der Waals surface area contributed by atoms with Crippen molar-refractivity contribution in [1.82, 2.24) is 10.6 Å². The number of nitrogens with one attached hydrogen (secondary N) is 2. The Bertz CT molecular complexity index is 438. The van der Waals surface area contributed by atoms with Gasteiger partial charge in [0.05, 0.1) is 18.4 Å². The molecule has 2 atom stereocenters. The van der Waals surface area contributed by atoms with Gasteiger partial charge in [-0.05, 0) is 31.7 Å².